The molecule has 1 aliphatic rings. The SMILES string of the molecule is CC(C)CC(NC(=O)C(N)CC(=O)O)C(=O)N1CCCC1C(=O)NC(C(=O)O)C(C)O. The van der Waals surface area contributed by atoms with Crippen LogP contribution in [0, 0.1) is 5.92 Å². The predicted molar refractivity (Wildman–Crippen MR) is 108 cm³/mol. The lowest BCUT2D eigenvalue weighted by molar-refractivity contribution is -0.147. The number of aliphatic carboxylic acids is 2. The highest BCUT2D eigenvalue weighted by Crippen LogP contribution is 2.21. The molecule has 0 spiro atoms. The van der Waals surface area contributed by atoms with E-state index in [2.05, 4.69) is 10.6 Å². The first kappa shape index (κ1) is 26.3. The third-order valence-electron chi connectivity index (χ3n) is 4.94. The van der Waals surface area contributed by atoms with E-state index in [1.54, 1.807) is 0 Å². The molecule has 0 saturated carbocycles. The minimum Gasteiger partial charge on any atom is -0.481 e. The summed E-state index contributed by atoms with van der Waals surface area (Å²) in [7, 11) is 0. The zero-order chi connectivity index (χ0) is 23.9. The fraction of sp³-hybridized carbons (Fsp3) is 0.737. The Hall–Kier alpha value is -2.73. The van der Waals surface area contributed by atoms with Crippen molar-refractivity contribution in [1.82, 2.24) is 15.5 Å². The molecule has 7 N–H and O–H groups in total. The van der Waals surface area contributed by atoms with E-state index < -0.39 is 66.4 Å². The first-order valence-electron chi connectivity index (χ1n) is 10.1. The molecule has 1 saturated heterocycles. The van der Waals surface area contributed by atoms with Crippen LogP contribution in [0.25, 0.3) is 0 Å². The van der Waals surface area contributed by atoms with Gasteiger partial charge >= 0.3 is 11.9 Å². The van der Waals surface area contributed by atoms with Crippen molar-refractivity contribution in [2.24, 2.45) is 11.7 Å². The van der Waals surface area contributed by atoms with E-state index in [1.807, 2.05) is 13.8 Å². The summed E-state index contributed by atoms with van der Waals surface area (Å²) in [6.07, 6.45) is -0.905. The van der Waals surface area contributed by atoms with E-state index in [1.165, 1.54) is 11.8 Å². The number of carbonyl (C=O) groups excluding carboxylic acids is 3. The average Bonchev–Trinajstić information content (AvgIpc) is 3.13. The number of carbonyl (C=O) groups is 5. The number of aliphatic hydroxyl groups is 1. The van der Waals surface area contributed by atoms with Crippen LogP contribution in [0.5, 0.6) is 0 Å². The zero-order valence-electron chi connectivity index (χ0n) is 17.9. The molecule has 176 valence electrons. The normalized spacial score (nSPS) is 19.9. The Labute approximate surface area is 180 Å². The molecule has 0 aromatic carbocycles. The third kappa shape index (κ3) is 7.79. The fourth-order valence-corrected chi connectivity index (χ4v) is 3.39. The maximum absolute atomic E-state index is 13.1. The van der Waals surface area contributed by atoms with Crippen molar-refractivity contribution < 1.29 is 39.3 Å². The number of aliphatic hydroxyl groups excluding tert-OH is 1. The minimum absolute atomic E-state index is 0.00791. The van der Waals surface area contributed by atoms with E-state index in [9.17, 15) is 29.1 Å². The molecule has 5 unspecified atom stereocenters. The lowest BCUT2D eigenvalue weighted by atomic mass is 10.0. The molecule has 0 bridgehead atoms. The molecule has 12 heteroatoms. The summed E-state index contributed by atoms with van der Waals surface area (Å²) in [6, 6.07) is -4.83. The van der Waals surface area contributed by atoms with Gasteiger partial charge in [-0.15, -0.1) is 0 Å². The lowest BCUT2D eigenvalue weighted by Gasteiger charge is -2.30. The lowest BCUT2D eigenvalue weighted by Crippen LogP contribution is -2.58. The monoisotopic (exact) mass is 444 g/mol. The van der Waals surface area contributed by atoms with Crippen LogP contribution >= 0.6 is 0 Å². The number of hydrogen-bond donors (Lipinski definition) is 6. The van der Waals surface area contributed by atoms with Crippen LogP contribution in [0.15, 0.2) is 0 Å². The molecule has 1 rings (SSSR count). The number of nitrogens with two attached hydrogens (primary N) is 1. The standard InChI is InChI=1S/C19H32N4O8/c1-9(2)7-12(21-16(27)11(20)8-14(25)26)18(29)23-6-4-5-13(23)17(28)22-15(10(3)24)19(30)31/h9-13,15,24H,4-8,20H2,1-3H3,(H,21,27)(H,22,28)(H,25,26)(H,30,31). The van der Waals surface area contributed by atoms with Crippen LogP contribution in [-0.4, -0.2) is 86.7 Å². The maximum atomic E-state index is 13.1. The van der Waals surface area contributed by atoms with Gasteiger partial charge in [-0.25, -0.2) is 4.79 Å². The van der Waals surface area contributed by atoms with Crippen molar-refractivity contribution in [3.05, 3.63) is 0 Å². The van der Waals surface area contributed by atoms with Crippen molar-refractivity contribution in [2.45, 2.75) is 76.7 Å². The highest BCUT2D eigenvalue weighted by molar-refractivity contribution is 5.95. The largest absolute Gasteiger partial charge is 0.481 e. The Kier molecular flexibility index (Phi) is 9.85. The molecule has 5 atom stereocenters. The van der Waals surface area contributed by atoms with Crippen molar-refractivity contribution in [3.63, 3.8) is 0 Å². The number of amides is 3. The second-order valence-corrected chi connectivity index (χ2v) is 8.15. The molecule has 1 aliphatic heterocycles. The molecular formula is C19H32N4O8. The van der Waals surface area contributed by atoms with Crippen LogP contribution in [0.2, 0.25) is 0 Å². The maximum Gasteiger partial charge on any atom is 0.328 e. The molecule has 0 radical (unpaired) electrons. The number of likely N-dealkylation sites (tertiary alicyclic amines) is 1. The Bertz CT molecular complexity index is 696. The summed E-state index contributed by atoms with van der Waals surface area (Å²) in [5.41, 5.74) is 5.58. The minimum atomic E-state index is -1.52. The van der Waals surface area contributed by atoms with Crippen LogP contribution in [0.3, 0.4) is 0 Å². The molecule has 31 heavy (non-hydrogen) atoms. The number of rotatable bonds is 11. The summed E-state index contributed by atoms with van der Waals surface area (Å²) >= 11 is 0. The van der Waals surface area contributed by atoms with E-state index in [0.29, 0.717) is 12.8 Å². The molecular weight excluding hydrogens is 412 g/mol. The van der Waals surface area contributed by atoms with Gasteiger partial charge in [0.1, 0.15) is 12.1 Å². The summed E-state index contributed by atoms with van der Waals surface area (Å²) in [4.78, 5) is 61.3. The second kappa shape index (κ2) is 11.6. The smallest absolute Gasteiger partial charge is 0.328 e. The number of nitrogens with one attached hydrogen (secondary N) is 2. The summed E-state index contributed by atoms with van der Waals surface area (Å²) < 4.78 is 0. The molecule has 0 aromatic heterocycles. The highest BCUT2D eigenvalue weighted by atomic mass is 16.4. The van der Waals surface area contributed by atoms with E-state index in [4.69, 9.17) is 15.9 Å². The van der Waals surface area contributed by atoms with Gasteiger partial charge in [-0.1, -0.05) is 13.8 Å². The van der Waals surface area contributed by atoms with Gasteiger partial charge < -0.3 is 36.6 Å². The number of carboxylic acid groups (broad SMARTS) is 2. The van der Waals surface area contributed by atoms with Crippen LogP contribution < -0.4 is 16.4 Å². The van der Waals surface area contributed by atoms with E-state index in [-0.39, 0.29) is 18.9 Å². The number of hydrogen-bond acceptors (Lipinski definition) is 7. The molecule has 0 aromatic rings. The molecule has 3 amide bonds. The van der Waals surface area contributed by atoms with E-state index in [0.717, 1.165) is 0 Å². The van der Waals surface area contributed by atoms with Gasteiger partial charge in [0.2, 0.25) is 17.7 Å². The summed E-state index contributed by atoms with van der Waals surface area (Å²) in [5, 5.41) is 32.3. The van der Waals surface area contributed by atoms with Crippen molar-refractivity contribution in [1.29, 1.82) is 0 Å². The molecule has 1 heterocycles. The van der Waals surface area contributed by atoms with Gasteiger partial charge in [-0.3, -0.25) is 19.2 Å². The Morgan fingerprint density at radius 3 is 2.19 bits per heavy atom. The van der Waals surface area contributed by atoms with Gasteiger partial charge in [0.15, 0.2) is 6.04 Å². The summed E-state index contributed by atoms with van der Waals surface area (Å²) in [5.74, 6) is -4.70. The first-order chi connectivity index (χ1) is 14.3. The predicted octanol–water partition coefficient (Wildman–Crippen LogP) is -1.74. The van der Waals surface area contributed by atoms with Gasteiger partial charge in [0.05, 0.1) is 18.6 Å². The summed E-state index contributed by atoms with van der Waals surface area (Å²) in [6.45, 7) is 5.12. The van der Waals surface area contributed by atoms with Gasteiger partial charge in [-0.2, -0.15) is 0 Å². The number of nitrogens with zero attached hydrogens (tertiary/aromatic N) is 1. The van der Waals surface area contributed by atoms with Crippen molar-refractivity contribution >= 4 is 29.7 Å². The van der Waals surface area contributed by atoms with Crippen molar-refractivity contribution in [3.8, 4) is 0 Å². The first-order valence-corrected chi connectivity index (χ1v) is 10.1. The van der Waals surface area contributed by atoms with Gasteiger partial charge in [-0.05, 0) is 32.1 Å². The Balaban J connectivity index is 2.96. The fourth-order valence-electron chi connectivity index (χ4n) is 3.39. The van der Waals surface area contributed by atoms with Gasteiger partial charge in [0, 0.05) is 6.54 Å². The van der Waals surface area contributed by atoms with E-state index >= 15 is 0 Å². The van der Waals surface area contributed by atoms with Crippen LogP contribution in [0.1, 0.15) is 46.5 Å². The van der Waals surface area contributed by atoms with Crippen LogP contribution in [0.4, 0.5) is 0 Å². The van der Waals surface area contributed by atoms with Crippen molar-refractivity contribution in [2.75, 3.05) is 6.54 Å². The zero-order valence-corrected chi connectivity index (χ0v) is 17.9. The highest BCUT2D eigenvalue weighted by Gasteiger charge is 2.39. The molecule has 12 nitrogen and oxygen atoms in total. The average molecular weight is 444 g/mol. The Morgan fingerprint density at radius 2 is 1.71 bits per heavy atom. The van der Waals surface area contributed by atoms with Crippen LogP contribution in [-0.2, 0) is 24.0 Å². The Morgan fingerprint density at radius 1 is 1.10 bits per heavy atom. The van der Waals surface area contributed by atoms with Gasteiger partial charge in [0.25, 0.3) is 0 Å². The second-order valence-electron chi connectivity index (χ2n) is 8.15. The number of carboxylic acids is 2. The topological polar surface area (TPSA) is 199 Å². The molecule has 0 aliphatic carbocycles. The molecule has 1 fully saturated rings. The third-order valence-corrected chi connectivity index (χ3v) is 4.94. The quantitative estimate of drug-likeness (QED) is 0.214.